The summed E-state index contributed by atoms with van der Waals surface area (Å²) in [6, 6.07) is 0. The molecule has 0 aromatic heterocycles. The summed E-state index contributed by atoms with van der Waals surface area (Å²) >= 11 is 0. The minimum atomic E-state index is -1.28. The fourth-order valence-corrected chi connectivity index (χ4v) is 8.94. The van der Waals surface area contributed by atoms with Crippen LogP contribution in [0.3, 0.4) is 0 Å². The van der Waals surface area contributed by atoms with Gasteiger partial charge in [0.15, 0.2) is 6.71 Å². The van der Waals surface area contributed by atoms with Gasteiger partial charge in [-0.25, -0.2) is 4.79 Å². The van der Waals surface area contributed by atoms with E-state index in [2.05, 4.69) is 33.1 Å². The average Bonchev–Trinajstić information content (AvgIpc) is 2.72. The van der Waals surface area contributed by atoms with Gasteiger partial charge in [-0.15, -0.1) is 0 Å². The first-order valence-electron chi connectivity index (χ1n) is 9.04. The zero-order valence-electron chi connectivity index (χ0n) is 15.2. The smallest absolute Gasteiger partial charge is 0.332 e. The number of carbonyl (C=O) groups excluding carboxylic acids is 1. The Morgan fingerprint density at radius 3 is 2.18 bits per heavy atom. The predicted molar refractivity (Wildman–Crippen MR) is 98.4 cm³/mol. The molecule has 0 amide bonds. The maximum absolute atomic E-state index is 12.0. The monoisotopic (exact) mass is 320 g/mol. The molecule has 0 N–H and O–H groups in total. The molecule has 2 atom stereocenters. The van der Waals surface area contributed by atoms with Crippen molar-refractivity contribution < 1.29 is 9.53 Å². The molecule has 2 bridgehead atoms. The van der Waals surface area contributed by atoms with Crippen molar-refractivity contribution in [3.63, 3.8) is 0 Å². The van der Waals surface area contributed by atoms with Crippen molar-refractivity contribution in [3.05, 3.63) is 12.2 Å². The molecule has 0 radical (unpaired) electrons. The summed E-state index contributed by atoms with van der Waals surface area (Å²) in [4.78, 5) is 12.0. The number of ether oxygens (including phenoxy) is 1. The Morgan fingerprint density at radius 2 is 1.73 bits per heavy atom. The van der Waals surface area contributed by atoms with Crippen LogP contribution in [-0.4, -0.2) is 27.9 Å². The van der Waals surface area contributed by atoms with Crippen LogP contribution >= 0.6 is 0 Å². The summed E-state index contributed by atoms with van der Waals surface area (Å²) in [5.74, 6) is 1.70. The van der Waals surface area contributed by atoms with Crippen molar-refractivity contribution in [1.82, 2.24) is 0 Å². The lowest BCUT2D eigenvalue weighted by atomic mass is 9.30. The van der Waals surface area contributed by atoms with Crippen molar-refractivity contribution in [1.29, 1.82) is 0 Å². The topological polar surface area (TPSA) is 26.3 Å². The van der Waals surface area contributed by atoms with Gasteiger partial charge in [0.2, 0.25) is 0 Å². The fraction of sp³-hybridized carbons (Fsp3) is 0.833. The molecule has 124 valence electrons. The second-order valence-corrected chi connectivity index (χ2v) is 14.1. The van der Waals surface area contributed by atoms with Crippen LogP contribution in [0.1, 0.15) is 45.4 Å². The molecule has 0 saturated carbocycles. The molecular formula is C18H33BO2Si. The second kappa shape index (κ2) is 6.94. The predicted octanol–water partition coefficient (Wildman–Crippen LogP) is 5.20. The average molecular weight is 320 g/mol. The Hall–Kier alpha value is -0.508. The standard InChI is InChI=1S/C18H33BO2Si/c1-13(18(20)21-3)14(2)19-16-11-7-9-15(10-8-12-16)17(19)22(4,5)6/h14-17H,1,7-12H2,2-6H3/t14?,15?,16?,17-/m1/s1. The van der Waals surface area contributed by atoms with Crippen LogP contribution in [0.5, 0.6) is 0 Å². The van der Waals surface area contributed by atoms with Gasteiger partial charge in [0.05, 0.1) is 7.11 Å². The zero-order chi connectivity index (χ0) is 16.5. The minimum Gasteiger partial charge on any atom is -0.466 e. The summed E-state index contributed by atoms with van der Waals surface area (Å²) in [5, 5.41) is 0. The largest absolute Gasteiger partial charge is 0.466 e. The SMILES string of the molecule is C=C(C(=O)OC)C(C)B1C2CCCC(CCC2)[C@H]1[Si](C)(C)C. The molecule has 0 spiro atoms. The van der Waals surface area contributed by atoms with Gasteiger partial charge in [0.25, 0.3) is 0 Å². The lowest BCUT2D eigenvalue weighted by Gasteiger charge is -2.42. The van der Waals surface area contributed by atoms with Gasteiger partial charge < -0.3 is 4.74 Å². The van der Waals surface area contributed by atoms with E-state index >= 15 is 0 Å². The van der Waals surface area contributed by atoms with E-state index < -0.39 is 8.07 Å². The molecule has 0 aromatic carbocycles. The highest BCUT2D eigenvalue weighted by Crippen LogP contribution is 2.54. The number of hydrogen-bond acceptors (Lipinski definition) is 2. The molecule has 2 heterocycles. The van der Waals surface area contributed by atoms with Crippen LogP contribution in [0.2, 0.25) is 36.7 Å². The van der Waals surface area contributed by atoms with E-state index in [0.717, 1.165) is 17.2 Å². The Kier molecular flexibility index (Phi) is 5.63. The van der Waals surface area contributed by atoms with Gasteiger partial charge in [-0.1, -0.05) is 82.9 Å². The molecule has 22 heavy (non-hydrogen) atoms. The van der Waals surface area contributed by atoms with E-state index in [1.54, 1.807) is 0 Å². The third-order valence-electron chi connectivity index (χ3n) is 6.34. The van der Waals surface area contributed by atoms with Gasteiger partial charge in [-0.2, -0.15) is 0 Å². The molecular weight excluding hydrogens is 287 g/mol. The molecule has 2 rings (SSSR count). The van der Waals surface area contributed by atoms with Gasteiger partial charge in [-0.05, 0) is 11.7 Å². The zero-order valence-corrected chi connectivity index (χ0v) is 16.2. The summed E-state index contributed by atoms with van der Waals surface area (Å²) in [5.41, 5.74) is 1.52. The van der Waals surface area contributed by atoms with Crippen molar-refractivity contribution >= 4 is 20.8 Å². The first-order chi connectivity index (χ1) is 10.3. The highest BCUT2D eigenvalue weighted by atomic mass is 28.3. The van der Waals surface area contributed by atoms with Crippen molar-refractivity contribution in [2.75, 3.05) is 7.11 Å². The first kappa shape index (κ1) is 17.8. The number of rotatable bonds is 4. The molecule has 2 nitrogen and oxygen atoms in total. The fourth-order valence-electron chi connectivity index (χ4n) is 5.48. The number of fused-ring (bicyclic) bond motifs is 3. The van der Waals surface area contributed by atoms with E-state index in [4.69, 9.17) is 4.74 Å². The van der Waals surface area contributed by atoms with Gasteiger partial charge in [-0.3, -0.25) is 0 Å². The normalized spacial score (nSPS) is 30.4. The highest BCUT2D eigenvalue weighted by Gasteiger charge is 2.50. The number of methoxy groups -OCH3 is 1. The van der Waals surface area contributed by atoms with Crippen molar-refractivity contribution in [3.8, 4) is 0 Å². The molecule has 4 heteroatoms. The number of carbonyl (C=O) groups is 1. The van der Waals surface area contributed by atoms with Crippen LogP contribution in [0.15, 0.2) is 12.2 Å². The molecule has 2 fully saturated rings. The van der Waals surface area contributed by atoms with Crippen LogP contribution < -0.4 is 0 Å². The number of esters is 1. The maximum Gasteiger partial charge on any atom is 0.332 e. The van der Waals surface area contributed by atoms with E-state index in [0.29, 0.717) is 12.3 Å². The van der Waals surface area contributed by atoms with Gasteiger partial charge in [0.1, 0.15) is 0 Å². The van der Waals surface area contributed by atoms with E-state index in [1.165, 1.54) is 45.6 Å². The summed E-state index contributed by atoms with van der Waals surface area (Å²) in [7, 11) is 0.190. The summed E-state index contributed by atoms with van der Waals surface area (Å²) in [6.45, 7) is 14.5. The first-order valence-corrected chi connectivity index (χ1v) is 12.6. The molecule has 1 unspecified atom stereocenters. The Balaban J connectivity index is 2.38. The van der Waals surface area contributed by atoms with E-state index in [1.807, 2.05) is 0 Å². The lowest BCUT2D eigenvalue weighted by Crippen LogP contribution is -2.46. The van der Waals surface area contributed by atoms with Crippen molar-refractivity contribution in [2.24, 2.45) is 5.92 Å². The van der Waals surface area contributed by atoms with Crippen LogP contribution in [0.4, 0.5) is 0 Å². The molecule has 0 aromatic rings. The maximum atomic E-state index is 12.0. The quantitative estimate of drug-likeness (QED) is 0.404. The third kappa shape index (κ3) is 3.52. The minimum absolute atomic E-state index is 0.208. The second-order valence-electron chi connectivity index (χ2n) is 8.66. The van der Waals surface area contributed by atoms with Crippen LogP contribution in [-0.2, 0) is 9.53 Å². The Bertz CT molecular complexity index is 419. The van der Waals surface area contributed by atoms with Gasteiger partial charge >= 0.3 is 5.97 Å². The highest BCUT2D eigenvalue weighted by molar-refractivity contribution is 6.91. The third-order valence-corrected chi connectivity index (χ3v) is 9.20. The molecule has 2 aliphatic rings. The Labute approximate surface area is 138 Å². The van der Waals surface area contributed by atoms with E-state index in [9.17, 15) is 4.79 Å². The van der Waals surface area contributed by atoms with Crippen molar-refractivity contribution in [2.45, 2.75) is 82.2 Å². The number of hydrogen-bond donors (Lipinski definition) is 0. The summed E-state index contributed by atoms with van der Waals surface area (Å²) in [6.07, 6.45) is 8.26. The Morgan fingerprint density at radius 1 is 1.18 bits per heavy atom. The molecule has 0 aliphatic carbocycles. The lowest BCUT2D eigenvalue weighted by molar-refractivity contribution is -0.136. The summed E-state index contributed by atoms with van der Waals surface area (Å²) < 4.78 is 4.96. The van der Waals surface area contributed by atoms with Crippen LogP contribution in [0.25, 0.3) is 0 Å². The molecule has 2 aliphatic heterocycles. The van der Waals surface area contributed by atoms with Gasteiger partial charge in [0, 0.05) is 13.6 Å². The van der Waals surface area contributed by atoms with Crippen LogP contribution in [0, 0.1) is 5.92 Å². The molecule has 2 saturated heterocycles. The van der Waals surface area contributed by atoms with E-state index in [-0.39, 0.29) is 11.8 Å².